The van der Waals surface area contributed by atoms with Crippen LogP contribution in [-0.4, -0.2) is 44.7 Å². The van der Waals surface area contributed by atoms with Gasteiger partial charge >= 0.3 is 0 Å². The third kappa shape index (κ3) is 5.99. The highest BCUT2D eigenvalue weighted by Crippen LogP contribution is 2.17. The van der Waals surface area contributed by atoms with Crippen molar-refractivity contribution < 1.29 is 4.74 Å². The number of methoxy groups -OCH3 is 1. The Labute approximate surface area is 168 Å². The first-order chi connectivity index (χ1) is 13.8. The molecular formula is C23H32N4O. The highest BCUT2D eigenvalue weighted by atomic mass is 16.5. The van der Waals surface area contributed by atoms with Crippen molar-refractivity contribution in [3.05, 3.63) is 65.2 Å². The number of para-hydroxylation sites is 1. The normalized spacial score (nSPS) is 14.9. The molecule has 1 saturated heterocycles. The van der Waals surface area contributed by atoms with E-state index in [1.54, 1.807) is 14.2 Å². The molecule has 2 aromatic carbocycles. The first-order valence-corrected chi connectivity index (χ1v) is 10.1. The fourth-order valence-corrected chi connectivity index (χ4v) is 3.59. The van der Waals surface area contributed by atoms with E-state index >= 15 is 0 Å². The fourth-order valence-electron chi connectivity index (χ4n) is 3.59. The Morgan fingerprint density at radius 3 is 2.43 bits per heavy atom. The molecule has 0 radical (unpaired) electrons. The van der Waals surface area contributed by atoms with Crippen LogP contribution in [0, 0.1) is 0 Å². The van der Waals surface area contributed by atoms with E-state index < -0.39 is 0 Å². The number of hydrogen-bond acceptors (Lipinski definition) is 3. The lowest BCUT2D eigenvalue weighted by Gasteiger charge is -2.15. The Hall–Kier alpha value is -2.53. The zero-order valence-electron chi connectivity index (χ0n) is 17.1. The van der Waals surface area contributed by atoms with Gasteiger partial charge in [0, 0.05) is 26.7 Å². The van der Waals surface area contributed by atoms with Gasteiger partial charge < -0.3 is 15.4 Å². The number of guanidine groups is 1. The van der Waals surface area contributed by atoms with Crippen molar-refractivity contribution >= 4 is 5.96 Å². The van der Waals surface area contributed by atoms with Crippen LogP contribution in [0.5, 0.6) is 5.75 Å². The molecule has 5 nitrogen and oxygen atoms in total. The highest BCUT2D eigenvalue weighted by Gasteiger charge is 2.11. The van der Waals surface area contributed by atoms with E-state index in [0.717, 1.165) is 37.8 Å². The molecule has 0 spiro atoms. The van der Waals surface area contributed by atoms with Gasteiger partial charge in [-0.25, -0.2) is 0 Å². The molecular weight excluding hydrogens is 348 g/mol. The smallest absolute Gasteiger partial charge is 0.191 e. The van der Waals surface area contributed by atoms with Crippen molar-refractivity contribution in [2.24, 2.45) is 4.99 Å². The zero-order valence-corrected chi connectivity index (χ0v) is 17.1. The van der Waals surface area contributed by atoms with Gasteiger partial charge in [-0.3, -0.25) is 9.89 Å². The number of nitrogens with zero attached hydrogens (tertiary/aromatic N) is 2. The van der Waals surface area contributed by atoms with Crippen molar-refractivity contribution in [3.63, 3.8) is 0 Å². The number of rotatable bonds is 8. The lowest BCUT2D eigenvalue weighted by molar-refractivity contribution is 0.331. The monoisotopic (exact) mass is 380 g/mol. The van der Waals surface area contributed by atoms with E-state index in [2.05, 4.69) is 50.9 Å². The summed E-state index contributed by atoms with van der Waals surface area (Å²) in [5.74, 6) is 1.75. The maximum absolute atomic E-state index is 5.41. The molecule has 0 aliphatic carbocycles. The van der Waals surface area contributed by atoms with Crippen LogP contribution >= 0.6 is 0 Å². The van der Waals surface area contributed by atoms with Crippen LogP contribution in [0.25, 0.3) is 0 Å². The Morgan fingerprint density at radius 1 is 1.00 bits per heavy atom. The standard InChI is InChI=1S/C23H32N4O/c1-24-23(25-14-13-21-7-3-4-8-22(21)28-2)26-17-19-9-11-20(12-10-19)18-27-15-5-6-16-27/h3-4,7-12H,5-6,13-18H2,1-2H3,(H2,24,25,26). The second kappa shape index (κ2) is 10.7. The summed E-state index contributed by atoms with van der Waals surface area (Å²) in [7, 11) is 3.51. The molecule has 28 heavy (non-hydrogen) atoms. The molecule has 0 bridgehead atoms. The van der Waals surface area contributed by atoms with Crippen molar-refractivity contribution in [1.82, 2.24) is 15.5 Å². The molecule has 0 aromatic heterocycles. The van der Waals surface area contributed by atoms with Gasteiger partial charge in [0.05, 0.1) is 7.11 Å². The van der Waals surface area contributed by atoms with E-state index in [4.69, 9.17) is 4.74 Å². The summed E-state index contributed by atoms with van der Waals surface area (Å²) >= 11 is 0. The lowest BCUT2D eigenvalue weighted by atomic mass is 10.1. The lowest BCUT2D eigenvalue weighted by Crippen LogP contribution is -2.37. The van der Waals surface area contributed by atoms with Gasteiger partial charge in [0.15, 0.2) is 5.96 Å². The molecule has 2 N–H and O–H groups in total. The molecule has 0 amide bonds. The Kier molecular flexibility index (Phi) is 7.73. The molecule has 2 aromatic rings. The summed E-state index contributed by atoms with van der Waals surface area (Å²) in [5, 5.41) is 6.77. The average molecular weight is 381 g/mol. The summed E-state index contributed by atoms with van der Waals surface area (Å²) in [4.78, 5) is 6.85. The Bertz CT molecular complexity index is 751. The average Bonchev–Trinajstić information content (AvgIpc) is 3.25. The quantitative estimate of drug-likeness (QED) is 0.545. The summed E-state index contributed by atoms with van der Waals surface area (Å²) in [6.45, 7) is 5.10. The van der Waals surface area contributed by atoms with Crippen molar-refractivity contribution in [2.75, 3.05) is 33.8 Å². The molecule has 150 valence electrons. The van der Waals surface area contributed by atoms with Gasteiger partial charge in [0.25, 0.3) is 0 Å². The number of likely N-dealkylation sites (tertiary alicyclic amines) is 1. The van der Waals surface area contributed by atoms with Crippen LogP contribution in [-0.2, 0) is 19.5 Å². The minimum atomic E-state index is 0.762. The molecule has 1 aliphatic heterocycles. The molecule has 3 rings (SSSR count). The Morgan fingerprint density at radius 2 is 1.71 bits per heavy atom. The number of hydrogen-bond donors (Lipinski definition) is 2. The fraction of sp³-hybridized carbons (Fsp3) is 0.435. The van der Waals surface area contributed by atoms with E-state index in [-0.39, 0.29) is 0 Å². The third-order valence-corrected chi connectivity index (χ3v) is 5.19. The second-order valence-electron chi connectivity index (χ2n) is 7.21. The summed E-state index contributed by atoms with van der Waals surface area (Å²) in [6.07, 6.45) is 3.56. The van der Waals surface area contributed by atoms with Crippen LogP contribution in [0.2, 0.25) is 0 Å². The maximum Gasteiger partial charge on any atom is 0.191 e. The number of aliphatic imine (C=N–C) groups is 1. The van der Waals surface area contributed by atoms with Crippen LogP contribution < -0.4 is 15.4 Å². The molecule has 1 heterocycles. The number of ether oxygens (including phenoxy) is 1. The number of benzene rings is 2. The largest absolute Gasteiger partial charge is 0.496 e. The van der Waals surface area contributed by atoms with Gasteiger partial charge in [0.2, 0.25) is 0 Å². The van der Waals surface area contributed by atoms with Gasteiger partial charge in [-0.15, -0.1) is 0 Å². The highest BCUT2D eigenvalue weighted by molar-refractivity contribution is 5.79. The van der Waals surface area contributed by atoms with Crippen LogP contribution in [0.3, 0.4) is 0 Å². The van der Waals surface area contributed by atoms with Crippen molar-refractivity contribution in [3.8, 4) is 5.75 Å². The molecule has 0 unspecified atom stereocenters. The van der Waals surface area contributed by atoms with E-state index in [9.17, 15) is 0 Å². The van der Waals surface area contributed by atoms with Gasteiger partial charge in [-0.2, -0.15) is 0 Å². The predicted octanol–water partition coefficient (Wildman–Crippen LogP) is 3.20. The molecule has 0 atom stereocenters. The first-order valence-electron chi connectivity index (χ1n) is 10.1. The van der Waals surface area contributed by atoms with E-state index in [1.165, 1.54) is 42.6 Å². The van der Waals surface area contributed by atoms with E-state index in [0.29, 0.717) is 0 Å². The minimum Gasteiger partial charge on any atom is -0.496 e. The van der Waals surface area contributed by atoms with Crippen LogP contribution in [0.15, 0.2) is 53.5 Å². The van der Waals surface area contributed by atoms with Gasteiger partial charge in [0.1, 0.15) is 5.75 Å². The second-order valence-corrected chi connectivity index (χ2v) is 7.21. The molecule has 1 aliphatic rings. The van der Waals surface area contributed by atoms with Gasteiger partial charge in [-0.05, 0) is 55.1 Å². The zero-order chi connectivity index (χ0) is 19.6. The van der Waals surface area contributed by atoms with Crippen molar-refractivity contribution in [1.29, 1.82) is 0 Å². The minimum absolute atomic E-state index is 0.762. The van der Waals surface area contributed by atoms with Crippen LogP contribution in [0.1, 0.15) is 29.5 Å². The molecule has 1 fully saturated rings. The maximum atomic E-state index is 5.41. The van der Waals surface area contributed by atoms with E-state index in [1.807, 2.05) is 18.2 Å². The van der Waals surface area contributed by atoms with Crippen LogP contribution in [0.4, 0.5) is 0 Å². The molecule has 0 saturated carbocycles. The SMILES string of the molecule is CN=C(NCCc1ccccc1OC)NCc1ccc(CN2CCCC2)cc1. The van der Waals surface area contributed by atoms with Crippen molar-refractivity contribution in [2.45, 2.75) is 32.4 Å². The molecule has 5 heteroatoms. The predicted molar refractivity (Wildman–Crippen MR) is 116 cm³/mol. The summed E-state index contributed by atoms with van der Waals surface area (Å²) < 4.78 is 5.41. The number of nitrogens with one attached hydrogen (secondary N) is 2. The first kappa shape index (κ1) is 20.2. The summed E-state index contributed by atoms with van der Waals surface area (Å²) in [5.41, 5.74) is 3.85. The topological polar surface area (TPSA) is 48.9 Å². The summed E-state index contributed by atoms with van der Waals surface area (Å²) in [6, 6.07) is 17.0. The third-order valence-electron chi connectivity index (χ3n) is 5.19. The van der Waals surface area contributed by atoms with Gasteiger partial charge in [-0.1, -0.05) is 42.5 Å². The Balaban J connectivity index is 1.42.